The highest BCUT2D eigenvalue weighted by molar-refractivity contribution is 6.31. The SMILES string of the molecule is Cc1c(Cl)cccc1NCC(=O)N1CCN(C/C=C/c2ccccc2)CC1. The fraction of sp³-hybridized carbons (Fsp3) is 0.318. The summed E-state index contributed by atoms with van der Waals surface area (Å²) < 4.78 is 0. The van der Waals surface area contributed by atoms with Gasteiger partial charge >= 0.3 is 0 Å². The highest BCUT2D eigenvalue weighted by Crippen LogP contribution is 2.22. The van der Waals surface area contributed by atoms with Crippen LogP contribution in [-0.4, -0.2) is 55.0 Å². The van der Waals surface area contributed by atoms with Crippen LogP contribution in [0, 0.1) is 6.92 Å². The lowest BCUT2D eigenvalue weighted by Gasteiger charge is -2.34. The molecule has 2 aromatic rings. The van der Waals surface area contributed by atoms with Crippen molar-refractivity contribution in [1.82, 2.24) is 9.80 Å². The fourth-order valence-corrected chi connectivity index (χ4v) is 3.34. The molecule has 1 aliphatic heterocycles. The van der Waals surface area contributed by atoms with Gasteiger partial charge < -0.3 is 10.2 Å². The molecule has 5 heteroatoms. The third-order valence-corrected chi connectivity index (χ3v) is 5.31. The Morgan fingerprint density at radius 1 is 1.07 bits per heavy atom. The van der Waals surface area contributed by atoms with Crippen molar-refractivity contribution >= 4 is 29.3 Å². The molecule has 0 saturated carbocycles. The number of halogens is 1. The molecule has 0 radical (unpaired) electrons. The van der Waals surface area contributed by atoms with Crippen LogP contribution in [0.25, 0.3) is 6.08 Å². The van der Waals surface area contributed by atoms with Crippen LogP contribution >= 0.6 is 11.6 Å². The number of rotatable bonds is 6. The first-order valence-corrected chi connectivity index (χ1v) is 9.72. The quantitative estimate of drug-likeness (QED) is 0.821. The van der Waals surface area contributed by atoms with Gasteiger partial charge in [0, 0.05) is 43.4 Å². The zero-order valence-electron chi connectivity index (χ0n) is 15.7. The van der Waals surface area contributed by atoms with Gasteiger partial charge in [0.25, 0.3) is 0 Å². The molecule has 0 aromatic heterocycles. The van der Waals surface area contributed by atoms with Gasteiger partial charge in [-0.05, 0) is 30.2 Å². The monoisotopic (exact) mass is 383 g/mol. The fourth-order valence-electron chi connectivity index (χ4n) is 3.16. The zero-order chi connectivity index (χ0) is 19.1. The molecule has 142 valence electrons. The number of carbonyl (C=O) groups is 1. The minimum Gasteiger partial charge on any atom is -0.376 e. The van der Waals surface area contributed by atoms with Crippen LogP contribution in [0.4, 0.5) is 5.69 Å². The molecule has 1 aliphatic rings. The molecule has 0 unspecified atom stereocenters. The minimum atomic E-state index is 0.133. The second kappa shape index (κ2) is 9.58. The maximum Gasteiger partial charge on any atom is 0.241 e. The van der Waals surface area contributed by atoms with Gasteiger partial charge in [0.1, 0.15) is 0 Å². The summed E-state index contributed by atoms with van der Waals surface area (Å²) in [7, 11) is 0. The smallest absolute Gasteiger partial charge is 0.241 e. The number of nitrogens with zero attached hydrogens (tertiary/aromatic N) is 2. The van der Waals surface area contributed by atoms with Crippen molar-refractivity contribution < 1.29 is 4.79 Å². The van der Waals surface area contributed by atoms with E-state index in [-0.39, 0.29) is 5.91 Å². The third kappa shape index (κ3) is 5.59. The lowest BCUT2D eigenvalue weighted by atomic mass is 10.2. The van der Waals surface area contributed by atoms with Gasteiger partial charge in [-0.25, -0.2) is 0 Å². The molecule has 0 aliphatic carbocycles. The molecule has 27 heavy (non-hydrogen) atoms. The molecule has 1 N–H and O–H groups in total. The van der Waals surface area contributed by atoms with Crippen LogP contribution < -0.4 is 5.32 Å². The van der Waals surface area contributed by atoms with Gasteiger partial charge in [-0.3, -0.25) is 9.69 Å². The highest BCUT2D eigenvalue weighted by atomic mass is 35.5. The Morgan fingerprint density at radius 3 is 2.56 bits per heavy atom. The zero-order valence-corrected chi connectivity index (χ0v) is 16.5. The second-order valence-electron chi connectivity index (χ2n) is 6.76. The van der Waals surface area contributed by atoms with Crippen LogP contribution in [0.15, 0.2) is 54.6 Å². The number of hydrogen-bond donors (Lipinski definition) is 1. The predicted octanol–water partition coefficient (Wildman–Crippen LogP) is 3.92. The van der Waals surface area contributed by atoms with Gasteiger partial charge in [-0.1, -0.05) is 60.2 Å². The average Bonchev–Trinajstić information content (AvgIpc) is 2.70. The van der Waals surface area contributed by atoms with Gasteiger partial charge in [0.2, 0.25) is 5.91 Å². The van der Waals surface area contributed by atoms with E-state index in [4.69, 9.17) is 11.6 Å². The lowest BCUT2D eigenvalue weighted by molar-refractivity contribution is -0.130. The second-order valence-corrected chi connectivity index (χ2v) is 7.17. The van der Waals surface area contributed by atoms with Crippen LogP contribution in [0.5, 0.6) is 0 Å². The Balaban J connectivity index is 1.41. The number of hydrogen-bond acceptors (Lipinski definition) is 3. The van der Waals surface area contributed by atoms with Crippen LogP contribution in [0.1, 0.15) is 11.1 Å². The van der Waals surface area contributed by atoms with Crippen LogP contribution in [0.3, 0.4) is 0 Å². The summed E-state index contributed by atoms with van der Waals surface area (Å²) >= 11 is 6.13. The number of carbonyl (C=O) groups excluding carboxylic acids is 1. The van der Waals surface area contributed by atoms with Gasteiger partial charge in [0.05, 0.1) is 6.54 Å². The highest BCUT2D eigenvalue weighted by Gasteiger charge is 2.20. The van der Waals surface area contributed by atoms with Crippen molar-refractivity contribution in [2.24, 2.45) is 0 Å². The summed E-state index contributed by atoms with van der Waals surface area (Å²) in [5.74, 6) is 0.133. The molecule has 0 bridgehead atoms. The van der Waals surface area contributed by atoms with E-state index in [0.29, 0.717) is 11.6 Å². The summed E-state index contributed by atoms with van der Waals surface area (Å²) in [6.07, 6.45) is 4.34. The molecule has 0 atom stereocenters. The summed E-state index contributed by atoms with van der Waals surface area (Å²) in [6, 6.07) is 16.0. The van der Waals surface area contributed by atoms with Crippen LogP contribution in [-0.2, 0) is 4.79 Å². The van der Waals surface area contributed by atoms with Crippen molar-refractivity contribution in [3.05, 3.63) is 70.8 Å². The molecular weight excluding hydrogens is 358 g/mol. The van der Waals surface area contributed by atoms with Crippen molar-refractivity contribution in [3.8, 4) is 0 Å². The van der Waals surface area contributed by atoms with E-state index in [0.717, 1.165) is 44.0 Å². The molecule has 4 nitrogen and oxygen atoms in total. The Hall–Kier alpha value is -2.30. The minimum absolute atomic E-state index is 0.133. The standard InChI is InChI=1S/C22H26ClN3O/c1-18-20(23)10-5-11-21(18)24-17-22(27)26-15-13-25(14-16-26)12-6-9-19-7-3-2-4-8-19/h2-11,24H,12-17H2,1H3/b9-6+. The number of anilines is 1. The average molecular weight is 384 g/mol. The van der Waals surface area contributed by atoms with Crippen molar-refractivity contribution in [2.75, 3.05) is 44.6 Å². The van der Waals surface area contributed by atoms with Gasteiger partial charge in [-0.2, -0.15) is 0 Å². The van der Waals surface area contributed by atoms with Gasteiger partial charge in [-0.15, -0.1) is 0 Å². The van der Waals surface area contributed by atoms with E-state index < -0.39 is 0 Å². The number of amides is 1. The molecule has 1 saturated heterocycles. The molecule has 0 spiro atoms. The molecule has 1 heterocycles. The Labute approximate surface area is 166 Å². The maximum atomic E-state index is 12.5. The number of piperazine rings is 1. The maximum absolute atomic E-state index is 12.5. The van der Waals surface area contributed by atoms with E-state index in [2.05, 4.69) is 34.5 Å². The van der Waals surface area contributed by atoms with E-state index in [1.165, 1.54) is 5.56 Å². The van der Waals surface area contributed by atoms with Crippen molar-refractivity contribution in [1.29, 1.82) is 0 Å². The molecule has 1 amide bonds. The summed E-state index contributed by atoms with van der Waals surface area (Å²) in [5.41, 5.74) is 3.11. The molecule has 1 fully saturated rings. The summed E-state index contributed by atoms with van der Waals surface area (Å²) in [5, 5.41) is 3.93. The van der Waals surface area contributed by atoms with E-state index in [9.17, 15) is 4.79 Å². The third-order valence-electron chi connectivity index (χ3n) is 4.90. The van der Waals surface area contributed by atoms with E-state index in [1.54, 1.807) is 0 Å². The normalized spacial score (nSPS) is 15.3. The Morgan fingerprint density at radius 2 is 1.81 bits per heavy atom. The lowest BCUT2D eigenvalue weighted by Crippen LogP contribution is -2.50. The topological polar surface area (TPSA) is 35.6 Å². The summed E-state index contributed by atoms with van der Waals surface area (Å²) in [6.45, 7) is 6.52. The Kier molecular flexibility index (Phi) is 6.91. The summed E-state index contributed by atoms with van der Waals surface area (Å²) in [4.78, 5) is 16.8. The number of benzene rings is 2. The largest absolute Gasteiger partial charge is 0.376 e. The molecular formula is C22H26ClN3O. The number of nitrogens with one attached hydrogen (secondary N) is 1. The Bertz CT molecular complexity index is 783. The predicted molar refractivity (Wildman–Crippen MR) is 113 cm³/mol. The molecule has 3 rings (SSSR count). The van der Waals surface area contributed by atoms with Crippen LogP contribution in [0.2, 0.25) is 5.02 Å². The van der Waals surface area contributed by atoms with E-state index >= 15 is 0 Å². The first-order valence-electron chi connectivity index (χ1n) is 9.34. The first-order chi connectivity index (χ1) is 13.1. The van der Waals surface area contributed by atoms with E-state index in [1.807, 2.05) is 48.2 Å². The molecule has 2 aromatic carbocycles. The van der Waals surface area contributed by atoms with Crippen molar-refractivity contribution in [2.45, 2.75) is 6.92 Å². The van der Waals surface area contributed by atoms with Crippen molar-refractivity contribution in [3.63, 3.8) is 0 Å². The first kappa shape index (κ1) is 19.5. The van der Waals surface area contributed by atoms with Gasteiger partial charge in [0.15, 0.2) is 0 Å².